The van der Waals surface area contributed by atoms with Gasteiger partial charge in [0.2, 0.25) is 5.91 Å². The third kappa shape index (κ3) is 4.09. The van der Waals surface area contributed by atoms with E-state index in [1.165, 1.54) is 18.4 Å². The summed E-state index contributed by atoms with van der Waals surface area (Å²) in [6, 6.07) is 3.46. The van der Waals surface area contributed by atoms with Crippen molar-refractivity contribution in [3.8, 4) is 5.75 Å². The Bertz CT molecular complexity index is 658. The van der Waals surface area contributed by atoms with E-state index in [-0.39, 0.29) is 12.3 Å². The first-order valence-corrected chi connectivity index (χ1v) is 7.96. The number of amides is 1. The molecule has 0 aliphatic carbocycles. The minimum atomic E-state index is -0.162. The van der Waals surface area contributed by atoms with Crippen LogP contribution in [0.5, 0.6) is 5.75 Å². The molecule has 0 bridgehead atoms. The minimum absolute atomic E-state index is 0.162. The number of halogens is 2. The van der Waals surface area contributed by atoms with Crippen molar-refractivity contribution in [2.24, 2.45) is 0 Å². The zero-order valence-electron chi connectivity index (χ0n) is 11.6. The van der Waals surface area contributed by atoms with Gasteiger partial charge in [-0.2, -0.15) is 0 Å². The van der Waals surface area contributed by atoms with E-state index in [0.29, 0.717) is 22.3 Å². The van der Waals surface area contributed by atoms with E-state index < -0.39 is 0 Å². The first kappa shape index (κ1) is 16.1. The first-order chi connectivity index (χ1) is 10.0. The Morgan fingerprint density at radius 2 is 2.24 bits per heavy atom. The molecule has 0 fully saturated rings. The molecule has 0 saturated heterocycles. The summed E-state index contributed by atoms with van der Waals surface area (Å²) in [5, 5.41) is 5.99. The Kier molecular flexibility index (Phi) is 5.45. The van der Waals surface area contributed by atoms with Crippen LogP contribution < -0.4 is 10.1 Å². The van der Waals surface area contributed by atoms with E-state index in [1.807, 2.05) is 12.3 Å². The fourth-order valence-electron chi connectivity index (χ4n) is 1.75. The summed E-state index contributed by atoms with van der Waals surface area (Å²) in [7, 11) is 1.53. The lowest BCUT2D eigenvalue weighted by Crippen LogP contribution is -2.15. The number of aromatic nitrogens is 1. The number of benzene rings is 1. The Morgan fingerprint density at radius 3 is 2.86 bits per heavy atom. The van der Waals surface area contributed by atoms with Crippen LogP contribution in [0.25, 0.3) is 0 Å². The third-order valence-corrected chi connectivity index (χ3v) is 4.38. The summed E-state index contributed by atoms with van der Waals surface area (Å²) in [6.45, 7) is 1.87. The number of methoxy groups -OCH3 is 1. The molecule has 0 radical (unpaired) electrons. The summed E-state index contributed by atoms with van der Waals surface area (Å²) in [5.74, 6) is 0.715. The topological polar surface area (TPSA) is 51.2 Å². The van der Waals surface area contributed by atoms with Crippen LogP contribution >= 0.6 is 34.5 Å². The van der Waals surface area contributed by atoms with Crippen LogP contribution in [0, 0.1) is 6.92 Å². The van der Waals surface area contributed by atoms with Crippen molar-refractivity contribution in [3.63, 3.8) is 0 Å². The number of nitrogens with zero attached hydrogens (tertiary/aromatic N) is 1. The van der Waals surface area contributed by atoms with Crippen molar-refractivity contribution < 1.29 is 9.53 Å². The number of aryl methyl sites for hydroxylation is 1. The zero-order chi connectivity index (χ0) is 15.4. The number of carbonyl (C=O) groups is 1. The molecule has 112 valence electrons. The molecule has 4 nitrogen and oxygen atoms in total. The summed E-state index contributed by atoms with van der Waals surface area (Å²) >= 11 is 13.1. The van der Waals surface area contributed by atoms with Crippen LogP contribution in [0.4, 0.5) is 5.69 Å². The molecule has 0 aliphatic heterocycles. The lowest BCUT2D eigenvalue weighted by Gasteiger charge is -2.11. The van der Waals surface area contributed by atoms with Crippen molar-refractivity contribution in [1.82, 2.24) is 4.98 Å². The number of alkyl halides is 1. The van der Waals surface area contributed by atoms with E-state index in [2.05, 4.69) is 10.3 Å². The molecule has 1 aromatic carbocycles. The summed E-state index contributed by atoms with van der Waals surface area (Å²) in [5.41, 5.74) is 2.24. The average molecular weight is 345 g/mol. The molecule has 21 heavy (non-hydrogen) atoms. The van der Waals surface area contributed by atoms with E-state index in [1.54, 1.807) is 12.1 Å². The van der Waals surface area contributed by atoms with Crippen molar-refractivity contribution in [2.45, 2.75) is 19.2 Å². The van der Waals surface area contributed by atoms with Crippen molar-refractivity contribution in [2.75, 3.05) is 12.4 Å². The van der Waals surface area contributed by atoms with Gasteiger partial charge < -0.3 is 10.1 Å². The van der Waals surface area contributed by atoms with Gasteiger partial charge in [0.25, 0.3) is 0 Å². The van der Waals surface area contributed by atoms with Crippen LogP contribution in [0.2, 0.25) is 5.02 Å². The number of ether oxygens (including phenoxy) is 1. The van der Waals surface area contributed by atoms with Gasteiger partial charge in [-0.1, -0.05) is 11.6 Å². The maximum Gasteiger partial charge on any atom is 0.231 e. The van der Waals surface area contributed by atoms with E-state index in [0.717, 1.165) is 16.3 Å². The number of hydrogen-bond donors (Lipinski definition) is 1. The molecule has 0 atom stereocenters. The Balaban J connectivity index is 2.10. The van der Waals surface area contributed by atoms with Crippen LogP contribution in [-0.2, 0) is 17.1 Å². The maximum atomic E-state index is 12.1. The normalized spacial score (nSPS) is 10.5. The molecule has 0 saturated carbocycles. The summed E-state index contributed by atoms with van der Waals surface area (Å²) in [4.78, 5) is 16.3. The number of carbonyl (C=O) groups excluding carboxylic acids is 1. The smallest absolute Gasteiger partial charge is 0.231 e. The van der Waals surface area contributed by atoms with E-state index >= 15 is 0 Å². The van der Waals surface area contributed by atoms with Gasteiger partial charge in [0.1, 0.15) is 10.8 Å². The second-order valence-corrected chi connectivity index (χ2v) is 6.01. The highest BCUT2D eigenvalue weighted by Crippen LogP contribution is 2.31. The molecule has 1 heterocycles. The highest BCUT2D eigenvalue weighted by Gasteiger charge is 2.12. The van der Waals surface area contributed by atoms with Gasteiger partial charge in [-0.05, 0) is 18.6 Å². The van der Waals surface area contributed by atoms with Gasteiger partial charge >= 0.3 is 0 Å². The molecule has 2 rings (SSSR count). The molecule has 7 heteroatoms. The van der Waals surface area contributed by atoms with Crippen LogP contribution in [0.3, 0.4) is 0 Å². The molecular weight excluding hydrogens is 331 g/mol. The predicted octanol–water partition coefficient (Wildman–Crippen LogP) is 4.03. The van der Waals surface area contributed by atoms with Crippen LogP contribution in [0.15, 0.2) is 17.5 Å². The highest BCUT2D eigenvalue weighted by atomic mass is 35.5. The lowest BCUT2D eigenvalue weighted by atomic mass is 10.2. The Morgan fingerprint density at radius 1 is 1.48 bits per heavy atom. The second kappa shape index (κ2) is 7.11. The number of anilines is 1. The SMILES string of the molecule is COc1cc(Cl)c(C)cc1NC(=O)Cc1nc(CCl)cs1. The molecule has 0 unspecified atom stereocenters. The molecule has 1 aromatic heterocycles. The van der Waals surface area contributed by atoms with E-state index in [9.17, 15) is 4.79 Å². The minimum Gasteiger partial charge on any atom is -0.495 e. The fourth-order valence-corrected chi connectivity index (χ4v) is 2.93. The molecule has 0 aliphatic rings. The number of hydrogen-bond acceptors (Lipinski definition) is 4. The lowest BCUT2D eigenvalue weighted by molar-refractivity contribution is -0.115. The predicted molar refractivity (Wildman–Crippen MR) is 86.7 cm³/mol. The largest absolute Gasteiger partial charge is 0.495 e. The standard InChI is InChI=1S/C14H14Cl2N2O2S/c1-8-3-11(12(20-2)4-10(8)16)18-13(19)5-14-17-9(6-15)7-21-14/h3-4,7H,5-6H2,1-2H3,(H,18,19). The number of nitrogens with one attached hydrogen (secondary N) is 1. The average Bonchev–Trinajstić information content (AvgIpc) is 2.90. The molecule has 1 N–H and O–H groups in total. The van der Waals surface area contributed by atoms with Gasteiger partial charge in [-0.15, -0.1) is 22.9 Å². The Hall–Kier alpha value is -1.30. The van der Waals surface area contributed by atoms with Crippen molar-refractivity contribution in [1.29, 1.82) is 0 Å². The van der Waals surface area contributed by atoms with Gasteiger partial charge in [-0.3, -0.25) is 4.79 Å². The highest BCUT2D eigenvalue weighted by molar-refractivity contribution is 7.09. The summed E-state index contributed by atoms with van der Waals surface area (Å²) in [6.07, 6.45) is 0.201. The quantitative estimate of drug-likeness (QED) is 0.833. The van der Waals surface area contributed by atoms with E-state index in [4.69, 9.17) is 27.9 Å². The zero-order valence-corrected chi connectivity index (χ0v) is 13.9. The third-order valence-electron chi connectivity index (χ3n) is 2.80. The molecular formula is C14H14Cl2N2O2S. The number of thiazole rings is 1. The van der Waals surface area contributed by atoms with Gasteiger partial charge in [-0.25, -0.2) is 4.98 Å². The molecule has 1 amide bonds. The maximum absolute atomic E-state index is 12.1. The van der Waals surface area contributed by atoms with Gasteiger partial charge in [0.05, 0.1) is 30.8 Å². The van der Waals surface area contributed by atoms with Crippen molar-refractivity contribution >= 4 is 46.1 Å². The van der Waals surface area contributed by atoms with Gasteiger partial charge in [0, 0.05) is 16.5 Å². The summed E-state index contributed by atoms with van der Waals surface area (Å²) < 4.78 is 5.22. The van der Waals surface area contributed by atoms with Crippen LogP contribution in [-0.4, -0.2) is 18.0 Å². The molecule has 2 aromatic rings. The first-order valence-electron chi connectivity index (χ1n) is 6.16. The monoisotopic (exact) mass is 344 g/mol. The number of rotatable bonds is 5. The molecule has 0 spiro atoms. The van der Waals surface area contributed by atoms with Crippen molar-refractivity contribution in [3.05, 3.63) is 38.8 Å². The fraction of sp³-hybridized carbons (Fsp3) is 0.286. The van der Waals surface area contributed by atoms with Crippen LogP contribution in [0.1, 0.15) is 16.3 Å². The second-order valence-electron chi connectivity index (χ2n) is 4.39. The van der Waals surface area contributed by atoms with Gasteiger partial charge in [0.15, 0.2) is 0 Å². The Labute approximate surface area is 137 Å².